The molecule has 2 rings (SSSR count). The van der Waals surface area contributed by atoms with Crippen LogP contribution in [0.3, 0.4) is 0 Å². The van der Waals surface area contributed by atoms with Gasteiger partial charge in [-0.3, -0.25) is 4.90 Å². The van der Waals surface area contributed by atoms with E-state index in [1.54, 1.807) is 12.1 Å². The van der Waals surface area contributed by atoms with E-state index in [4.69, 9.17) is 0 Å². The summed E-state index contributed by atoms with van der Waals surface area (Å²) in [7, 11) is 2.17. The molecule has 0 saturated carbocycles. The zero-order valence-electron chi connectivity index (χ0n) is 17.1. The molecule has 28 heavy (non-hydrogen) atoms. The second kappa shape index (κ2) is 13.4. The zero-order valence-corrected chi connectivity index (χ0v) is 19.4. The summed E-state index contributed by atoms with van der Waals surface area (Å²) >= 11 is 0. The van der Waals surface area contributed by atoms with Gasteiger partial charge in [-0.25, -0.2) is 4.99 Å². The summed E-state index contributed by atoms with van der Waals surface area (Å²) in [6, 6.07) is 18.2. The fraction of sp³-hybridized carbons (Fsp3) is 0.409. The molecule has 0 radical (unpaired) electrons. The van der Waals surface area contributed by atoms with Crippen molar-refractivity contribution < 1.29 is 5.11 Å². The van der Waals surface area contributed by atoms with Gasteiger partial charge in [0.2, 0.25) is 0 Å². The number of phenolic OH excluding ortho intramolecular Hbond substituents is 1. The van der Waals surface area contributed by atoms with Crippen LogP contribution in [0, 0.1) is 0 Å². The number of nitrogens with one attached hydrogen (secondary N) is 2. The van der Waals surface area contributed by atoms with Crippen LogP contribution in [0.1, 0.15) is 31.4 Å². The van der Waals surface area contributed by atoms with E-state index in [0.29, 0.717) is 12.6 Å². The zero-order chi connectivity index (χ0) is 19.5. The van der Waals surface area contributed by atoms with E-state index in [1.807, 2.05) is 12.1 Å². The predicted octanol–water partition coefficient (Wildman–Crippen LogP) is 3.98. The van der Waals surface area contributed by atoms with Crippen molar-refractivity contribution in [3.63, 3.8) is 0 Å². The second-order valence-electron chi connectivity index (χ2n) is 6.83. The summed E-state index contributed by atoms with van der Waals surface area (Å²) in [6.07, 6.45) is 1.03. The molecule has 0 fully saturated rings. The third-order valence-electron chi connectivity index (χ3n) is 4.58. The molecule has 2 aromatic carbocycles. The van der Waals surface area contributed by atoms with Gasteiger partial charge < -0.3 is 15.7 Å². The van der Waals surface area contributed by atoms with E-state index in [1.165, 1.54) is 5.56 Å². The van der Waals surface area contributed by atoms with Crippen LogP contribution < -0.4 is 10.6 Å². The maximum absolute atomic E-state index is 9.36. The van der Waals surface area contributed by atoms with Crippen molar-refractivity contribution in [2.24, 2.45) is 4.99 Å². The molecule has 6 heteroatoms. The Labute approximate surface area is 186 Å². The quantitative estimate of drug-likeness (QED) is 0.279. The van der Waals surface area contributed by atoms with Gasteiger partial charge in [0.1, 0.15) is 5.75 Å². The average molecular weight is 496 g/mol. The highest BCUT2D eigenvalue weighted by atomic mass is 127. The first kappa shape index (κ1) is 24.2. The monoisotopic (exact) mass is 496 g/mol. The summed E-state index contributed by atoms with van der Waals surface area (Å²) in [5.41, 5.74) is 2.41. The predicted molar refractivity (Wildman–Crippen MR) is 128 cm³/mol. The normalized spacial score (nSPS) is 12.4. The minimum atomic E-state index is 0. The highest BCUT2D eigenvalue weighted by Gasteiger charge is 2.09. The maximum atomic E-state index is 9.36. The van der Waals surface area contributed by atoms with E-state index < -0.39 is 0 Å². The van der Waals surface area contributed by atoms with Crippen LogP contribution >= 0.6 is 24.0 Å². The van der Waals surface area contributed by atoms with Crippen LogP contribution in [-0.4, -0.2) is 42.1 Å². The van der Waals surface area contributed by atoms with Gasteiger partial charge in [0.05, 0.1) is 6.54 Å². The maximum Gasteiger partial charge on any atom is 0.191 e. The minimum Gasteiger partial charge on any atom is -0.508 e. The van der Waals surface area contributed by atoms with Crippen LogP contribution in [0.5, 0.6) is 5.75 Å². The standard InChI is InChI=1S/C22H32N4O.HI/c1-4-23-22(25-16-19-10-12-21(27)13-11-19)24-15-14-18(2)26(3)17-20-8-6-5-7-9-20;/h5-13,18,27H,4,14-17H2,1-3H3,(H2,23,24,25);1H. The molecule has 0 bridgehead atoms. The number of guanidine groups is 1. The summed E-state index contributed by atoms with van der Waals surface area (Å²) in [5, 5.41) is 16.1. The Bertz CT molecular complexity index is 691. The van der Waals surface area contributed by atoms with Gasteiger partial charge in [-0.15, -0.1) is 24.0 Å². The smallest absolute Gasteiger partial charge is 0.191 e. The SMILES string of the molecule is CCNC(=NCc1ccc(O)cc1)NCCC(C)N(C)Cc1ccccc1.I. The number of halogens is 1. The number of nitrogens with zero attached hydrogens (tertiary/aromatic N) is 2. The van der Waals surface area contributed by atoms with Crippen LogP contribution in [0.4, 0.5) is 0 Å². The number of benzene rings is 2. The van der Waals surface area contributed by atoms with Crippen molar-refractivity contribution in [2.75, 3.05) is 20.1 Å². The molecular weight excluding hydrogens is 463 g/mol. The van der Waals surface area contributed by atoms with Crippen molar-refractivity contribution in [2.45, 2.75) is 39.4 Å². The number of hydrogen-bond acceptors (Lipinski definition) is 3. The van der Waals surface area contributed by atoms with Gasteiger partial charge in [0, 0.05) is 25.7 Å². The molecule has 0 heterocycles. The van der Waals surface area contributed by atoms with Gasteiger partial charge in [0.25, 0.3) is 0 Å². The molecule has 0 spiro atoms. The Kier molecular flexibility index (Phi) is 11.6. The van der Waals surface area contributed by atoms with Gasteiger partial charge >= 0.3 is 0 Å². The van der Waals surface area contributed by atoms with Crippen molar-refractivity contribution >= 4 is 29.9 Å². The minimum absolute atomic E-state index is 0. The number of phenols is 1. The molecule has 3 N–H and O–H groups in total. The van der Waals surface area contributed by atoms with Gasteiger partial charge in [-0.1, -0.05) is 42.5 Å². The number of aromatic hydroxyl groups is 1. The Morgan fingerprint density at radius 1 is 1.04 bits per heavy atom. The molecule has 5 nitrogen and oxygen atoms in total. The van der Waals surface area contributed by atoms with E-state index >= 15 is 0 Å². The summed E-state index contributed by atoms with van der Waals surface area (Å²) in [6.45, 7) is 7.54. The lowest BCUT2D eigenvalue weighted by molar-refractivity contribution is 0.238. The lowest BCUT2D eigenvalue weighted by Crippen LogP contribution is -2.40. The Morgan fingerprint density at radius 3 is 2.36 bits per heavy atom. The van der Waals surface area contributed by atoms with Crippen molar-refractivity contribution in [1.82, 2.24) is 15.5 Å². The molecular formula is C22H33IN4O. The molecule has 2 aromatic rings. The fourth-order valence-corrected chi connectivity index (χ4v) is 2.76. The Hall–Kier alpha value is -1.80. The lowest BCUT2D eigenvalue weighted by Gasteiger charge is -2.25. The fourth-order valence-electron chi connectivity index (χ4n) is 2.76. The highest BCUT2D eigenvalue weighted by Crippen LogP contribution is 2.10. The average Bonchev–Trinajstić information content (AvgIpc) is 2.68. The molecule has 0 aliphatic heterocycles. The third-order valence-corrected chi connectivity index (χ3v) is 4.58. The first-order chi connectivity index (χ1) is 13.1. The van der Waals surface area contributed by atoms with Crippen LogP contribution in [0.15, 0.2) is 59.6 Å². The highest BCUT2D eigenvalue weighted by molar-refractivity contribution is 14.0. The Balaban J connectivity index is 0.00000392. The molecule has 0 aromatic heterocycles. The molecule has 0 saturated heterocycles. The topological polar surface area (TPSA) is 59.9 Å². The van der Waals surface area contributed by atoms with E-state index in [0.717, 1.165) is 37.6 Å². The third kappa shape index (κ3) is 8.93. The van der Waals surface area contributed by atoms with E-state index in [2.05, 4.69) is 71.8 Å². The van der Waals surface area contributed by atoms with Gasteiger partial charge in [-0.05, 0) is 50.6 Å². The molecule has 0 aliphatic rings. The first-order valence-electron chi connectivity index (χ1n) is 9.62. The van der Waals surface area contributed by atoms with Crippen LogP contribution in [0.25, 0.3) is 0 Å². The van der Waals surface area contributed by atoms with E-state index in [-0.39, 0.29) is 29.7 Å². The molecule has 1 unspecified atom stereocenters. The number of hydrogen-bond donors (Lipinski definition) is 3. The van der Waals surface area contributed by atoms with E-state index in [9.17, 15) is 5.11 Å². The summed E-state index contributed by atoms with van der Waals surface area (Å²) < 4.78 is 0. The van der Waals surface area contributed by atoms with Crippen molar-refractivity contribution in [1.29, 1.82) is 0 Å². The first-order valence-corrected chi connectivity index (χ1v) is 9.62. The molecule has 154 valence electrons. The second-order valence-corrected chi connectivity index (χ2v) is 6.83. The number of rotatable bonds is 9. The lowest BCUT2D eigenvalue weighted by atomic mass is 10.1. The van der Waals surface area contributed by atoms with Gasteiger partial charge in [0.15, 0.2) is 5.96 Å². The van der Waals surface area contributed by atoms with Gasteiger partial charge in [-0.2, -0.15) is 0 Å². The molecule has 1 atom stereocenters. The Morgan fingerprint density at radius 2 is 1.71 bits per heavy atom. The molecule has 0 amide bonds. The number of aliphatic imine (C=N–C) groups is 1. The van der Waals surface area contributed by atoms with Crippen molar-refractivity contribution in [3.05, 3.63) is 65.7 Å². The van der Waals surface area contributed by atoms with Crippen LogP contribution in [0.2, 0.25) is 0 Å². The largest absolute Gasteiger partial charge is 0.508 e. The molecule has 0 aliphatic carbocycles. The van der Waals surface area contributed by atoms with Crippen molar-refractivity contribution in [3.8, 4) is 5.75 Å². The summed E-state index contributed by atoms with van der Waals surface area (Å²) in [5.74, 6) is 1.10. The summed E-state index contributed by atoms with van der Waals surface area (Å²) in [4.78, 5) is 6.99. The van der Waals surface area contributed by atoms with Crippen LogP contribution in [-0.2, 0) is 13.1 Å².